The lowest BCUT2D eigenvalue weighted by Crippen LogP contribution is -2.16. The number of carbonyl (C=O) groups is 3. The van der Waals surface area contributed by atoms with E-state index in [0.717, 1.165) is 18.4 Å². The maximum atomic E-state index is 12.2. The summed E-state index contributed by atoms with van der Waals surface area (Å²) < 4.78 is 10.7. The molecule has 0 spiro atoms. The summed E-state index contributed by atoms with van der Waals surface area (Å²) in [5, 5.41) is 18.3. The fourth-order valence-corrected chi connectivity index (χ4v) is 2.34. The van der Waals surface area contributed by atoms with E-state index in [4.69, 9.17) is 14.6 Å². The van der Waals surface area contributed by atoms with Crippen molar-refractivity contribution in [1.82, 2.24) is 0 Å². The third-order valence-corrected chi connectivity index (χ3v) is 3.81. The van der Waals surface area contributed by atoms with Crippen molar-refractivity contribution in [2.24, 2.45) is 0 Å². The fourth-order valence-electron chi connectivity index (χ4n) is 2.34. The van der Waals surface area contributed by atoms with Crippen LogP contribution in [0.25, 0.3) is 0 Å². The molecule has 0 saturated carbocycles. The van der Waals surface area contributed by atoms with Gasteiger partial charge in [-0.15, -0.1) is 0 Å². The molecule has 0 aliphatic carbocycles. The van der Waals surface area contributed by atoms with Gasteiger partial charge >= 0.3 is 17.9 Å². The highest BCUT2D eigenvalue weighted by Gasteiger charge is 2.20. The minimum atomic E-state index is -1.36. The van der Waals surface area contributed by atoms with Crippen LogP contribution in [0.4, 0.5) is 0 Å². The molecule has 0 bridgehead atoms. The number of carbonyl (C=O) groups excluding carboxylic acids is 1. The average molecular weight is 378 g/mol. The zero-order valence-corrected chi connectivity index (χ0v) is 15.7. The van der Waals surface area contributed by atoms with Crippen LogP contribution in [0, 0.1) is 6.92 Å². The summed E-state index contributed by atoms with van der Waals surface area (Å²) >= 11 is 0. The Kier molecular flexibility index (Phi) is 9.82. The van der Waals surface area contributed by atoms with Gasteiger partial charge in [0.15, 0.2) is 0 Å². The van der Waals surface area contributed by atoms with Gasteiger partial charge in [-0.2, -0.15) is 0 Å². The molecule has 0 radical (unpaired) electrons. The second-order valence-electron chi connectivity index (χ2n) is 6.14. The summed E-state index contributed by atoms with van der Waals surface area (Å²) in [5.74, 6) is -2.93. The van der Waals surface area contributed by atoms with Crippen LogP contribution in [0.3, 0.4) is 0 Å². The number of aliphatic carboxylic acids is 2. The molecule has 2 N–H and O–H groups in total. The number of unbranched alkanes of at least 4 members (excludes halogenated alkanes) is 1. The van der Waals surface area contributed by atoms with Gasteiger partial charge < -0.3 is 19.7 Å². The minimum Gasteiger partial charge on any atom is -0.481 e. The van der Waals surface area contributed by atoms with E-state index in [0.29, 0.717) is 12.4 Å². The smallest absolute Gasteiger partial charge is 0.332 e. The molecule has 0 aliphatic heterocycles. The van der Waals surface area contributed by atoms with Crippen LogP contribution >= 0.6 is 0 Å². The van der Waals surface area contributed by atoms with Crippen molar-refractivity contribution >= 4 is 17.9 Å². The van der Waals surface area contributed by atoms with Crippen LogP contribution in [0.2, 0.25) is 0 Å². The molecule has 7 nitrogen and oxygen atoms in total. The Morgan fingerprint density at radius 1 is 1.00 bits per heavy atom. The van der Waals surface area contributed by atoms with E-state index in [9.17, 15) is 19.5 Å². The van der Waals surface area contributed by atoms with E-state index in [1.54, 1.807) is 24.3 Å². The molecule has 0 aliphatic rings. The van der Waals surface area contributed by atoms with Crippen LogP contribution < -0.4 is 4.74 Å². The van der Waals surface area contributed by atoms with E-state index in [2.05, 4.69) is 0 Å². The second-order valence-corrected chi connectivity index (χ2v) is 6.14. The number of carboxylic acid groups (broad SMARTS) is 2. The van der Waals surface area contributed by atoms with Gasteiger partial charge in [-0.25, -0.2) is 4.79 Å². The van der Waals surface area contributed by atoms with Crippen LogP contribution in [0.5, 0.6) is 5.75 Å². The first-order chi connectivity index (χ1) is 12.8. The van der Waals surface area contributed by atoms with Crippen molar-refractivity contribution in [3.63, 3.8) is 0 Å². The molecule has 0 saturated heterocycles. The first kappa shape index (κ1) is 22.4. The Hall–Kier alpha value is -2.67. The zero-order valence-electron chi connectivity index (χ0n) is 15.7. The van der Waals surface area contributed by atoms with Crippen molar-refractivity contribution in [3.05, 3.63) is 41.0 Å². The van der Waals surface area contributed by atoms with E-state index < -0.39 is 24.3 Å². The lowest BCUT2D eigenvalue weighted by Gasteiger charge is -2.12. The summed E-state index contributed by atoms with van der Waals surface area (Å²) in [6.45, 7) is 4.66. The third-order valence-electron chi connectivity index (χ3n) is 3.81. The molecule has 0 amide bonds. The average Bonchev–Trinajstić information content (AvgIpc) is 2.60. The number of benzene rings is 1. The Bertz CT molecular complexity index is 674. The van der Waals surface area contributed by atoms with Gasteiger partial charge in [-0.3, -0.25) is 9.59 Å². The number of carboxylic acids is 2. The first-order valence-electron chi connectivity index (χ1n) is 8.84. The van der Waals surface area contributed by atoms with Crippen LogP contribution in [-0.2, 0) is 19.1 Å². The minimum absolute atomic E-state index is 0.154. The van der Waals surface area contributed by atoms with Crippen LogP contribution in [-0.4, -0.2) is 41.3 Å². The molecule has 0 unspecified atom stereocenters. The lowest BCUT2D eigenvalue weighted by molar-refractivity contribution is -0.140. The number of hydrogen-bond acceptors (Lipinski definition) is 5. The number of hydrogen-bond donors (Lipinski definition) is 2. The summed E-state index contributed by atoms with van der Waals surface area (Å²) in [7, 11) is 0. The highest BCUT2D eigenvalue weighted by atomic mass is 16.5. The van der Waals surface area contributed by atoms with Gasteiger partial charge in [0.2, 0.25) is 0 Å². The molecule has 1 aromatic rings. The molecule has 0 heterocycles. The normalized spacial score (nSPS) is 11.6. The van der Waals surface area contributed by atoms with Gasteiger partial charge in [-0.05, 0) is 37.5 Å². The van der Waals surface area contributed by atoms with Gasteiger partial charge in [0.25, 0.3) is 0 Å². The summed E-state index contributed by atoms with van der Waals surface area (Å²) in [6, 6.07) is 6.85. The number of esters is 1. The highest BCUT2D eigenvalue weighted by molar-refractivity contribution is 5.94. The fraction of sp³-hybridized carbons (Fsp3) is 0.450. The molecule has 0 aromatic heterocycles. The summed E-state index contributed by atoms with van der Waals surface area (Å²) in [6.07, 6.45) is 1.01. The van der Waals surface area contributed by atoms with E-state index in [1.165, 1.54) is 0 Å². The van der Waals surface area contributed by atoms with E-state index in [1.807, 2.05) is 13.8 Å². The molecule has 0 atom stereocenters. The number of aryl methyl sites for hydroxylation is 1. The molecular weight excluding hydrogens is 352 g/mol. The molecule has 0 fully saturated rings. The van der Waals surface area contributed by atoms with Crippen molar-refractivity contribution in [3.8, 4) is 5.75 Å². The maximum absolute atomic E-state index is 12.2. The SMILES string of the molecule is CCCCOCCC(CC(=O)Oc1ccc(C)cc1)=C(CC(=O)O)C(=O)O. The standard InChI is InChI=1S/C20H26O7/c1-3-4-10-26-11-9-15(17(20(24)25)13-18(21)22)12-19(23)27-16-7-5-14(2)6-8-16/h5-8H,3-4,9-13H2,1-2H3,(H,21,22)(H,24,25). The van der Waals surface area contributed by atoms with Crippen molar-refractivity contribution in [2.75, 3.05) is 13.2 Å². The second kappa shape index (κ2) is 11.9. The van der Waals surface area contributed by atoms with Crippen molar-refractivity contribution in [1.29, 1.82) is 0 Å². The predicted octanol–water partition coefficient (Wildman–Crippen LogP) is 3.35. The molecule has 7 heteroatoms. The molecular formula is C20H26O7. The quantitative estimate of drug-likeness (QED) is 0.248. The molecule has 1 aromatic carbocycles. The summed E-state index contributed by atoms with van der Waals surface area (Å²) in [4.78, 5) is 34.7. The van der Waals surface area contributed by atoms with E-state index in [-0.39, 0.29) is 30.6 Å². The molecule has 27 heavy (non-hydrogen) atoms. The zero-order chi connectivity index (χ0) is 20.2. The van der Waals surface area contributed by atoms with Gasteiger partial charge in [0.1, 0.15) is 5.75 Å². The predicted molar refractivity (Wildman–Crippen MR) is 98.7 cm³/mol. The third kappa shape index (κ3) is 9.01. The Morgan fingerprint density at radius 2 is 1.67 bits per heavy atom. The van der Waals surface area contributed by atoms with Crippen molar-refractivity contribution in [2.45, 2.75) is 46.0 Å². The Morgan fingerprint density at radius 3 is 2.22 bits per heavy atom. The Labute approximate surface area is 158 Å². The van der Waals surface area contributed by atoms with Crippen LogP contribution in [0.1, 0.15) is 44.6 Å². The first-order valence-corrected chi connectivity index (χ1v) is 8.84. The van der Waals surface area contributed by atoms with Crippen molar-refractivity contribution < 1.29 is 34.1 Å². The monoisotopic (exact) mass is 378 g/mol. The van der Waals surface area contributed by atoms with Gasteiger partial charge in [-0.1, -0.05) is 31.0 Å². The lowest BCUT2D eigenvalue weighted by atomic mass is 9.99. The molecule has 148 valence electrons. The highest BCUT2D eigenvalue weighted by Crippen LogP contribution is 2.20. The maximum Gasteiger partial charge on any atom is 0.332 e. The number of ether oxygens (including phenoxy) is 2. The van der Waals surface area contributed by atoms with Gasteiger partial charge in [0.05, 0.1) is 19.4 Å². The van der Waals surface area contributed by atoms with Crippen LogP contribution in [0.15, 0.2) is 35.4 Å². The van der Waals surface area contributed by atoms with Gasteiger partial charge in [0, 0.05) is 12.2 Å². The van der Waals surface area contributed by atoms with E-state index >= 15 is 0 Å². The number of rotatable bonds is 12. The molecule has 1 rings (SSSR count). The Balaban J connectivity index is 2.87. The topological polar surface area (TPSA) is 110 Å². The largest absolute Gasteiger partial charge is 0.481 e. The summed E-state index contributed by atoms with van der Waals surface area (Å²) in [5.41, 5.74) is 0.912.